The van der Waals surface area contributed by atoms with Gasteiger partial charge in [0.25, 0.3) is 0 Å². The van der Waals surface area contributed by atoms with Crippen LogP contribution in [0.1, 0.15) is 24.5 Å². The standard InChI is InChI=1S/C18H19ClN2O/c1-12(18(22)21-17-8-3-2-7-16(17)19)20-15-10-9-13-5-4-6-14(13)11-15/h2-3,7-12,20H,4-6H2,1H3,(H,21,22). The molecule has 0 aliphatic heterocycles. The molecular weight excluding hydrogens is 296 g/mol. The fraction of sp³-hybridized carbons (Fsp3) is 0.278. The fourth-order valence-corrected chi connectivity index (χ4v) is 2.96. The van der Waals surface area contributed by atoms with Crippen LogP contribution in [0.25, 0.3) is 0 Å². The van der Waals surface area contributed by atoms with Crippen LogP contribution in [0.5, 0.6) is 0 Å². The molecule has 114 valence electrons. The molecule has 0 radical (unpaired) electrons. The van der Waals surface area contributed by atoms with Crippen molar-refractivity contribution in [3.8, 4) is 0 Å². The second kappa shape index (κ2) is 6.41. The Kier molecular flexibility index (Phi) is 4.34. The van der Waals surface area contributed by atoms with E-state index in [1.807, 2.05) is 25.1 Å². The van der Waals surface area contributed by atoms with E-state index in [1.54, 1.807) is 12.1 Å². The van der Waals surface area contributed by atoms with E-state index >= 15 is 0 Å². The molecule has 0 fully saturated rings. The molecule has 2 N–H and O–H groups in total. The van der Waals surface area contributed by atoms with E-state index < -0.39 is 0 Å². The minimum Gasteiger partial charge on any atom is -0.374 e. The maximum Gasteiger partial charge on any atom is 0.246 e. The summed E-state index contributed by atoms with van der Waals surface area (Å²) in [6.45, 7) is 1.85. The van der Waals surface area contributed by atoms with Crippen LogP contribution in [-0.4, -0.2) is 11.9 Å². The molecule has 3 rings (SSSR count). The van der Waals surface area contributed by atoms with Gasteiger partial charge in [0.15, 0.2) is 0 Å². The normalized spacial score (nSPS) is 14.3. The highest BCUT2D eigenvalue weighted by molar-refractivity contribution is 6.33. The first-order chi connectivity index (χ1) is 10.6. The number of benzene rings is 2. The first-order valence-corrected chi connectivity index (χ1v) is 7.95. The third-order valence-electron chi connectivity index (χ3n) is 4.01. The van der Waals surface area contributed by atoms with Gasteiger partial charge >= 0.3 is 0 Å². The number of rotatable bonds is 4. The van der Waals surface area contributed by atoms with Gasteiger partial charge in [-0.1, -0.05) is 29.8 Å². The van der Waals surface area contributed by atoms with Crippen molar-refractivity contribution < 1.29 is 4.79 Å². The van der Waals surface area contributed by atoms with E-state index in [0.717, 1.165) is 18.5 Å². The van der Waals surface area contributed by atoms with Gasteiger partial charge in [-0.25, -0.2) is 0 Å². The number of carbonyl (C=O) groups is 1. The molecule has 1 aliphatic carbocycles. The van der Waals surface area contributed by atoms with Crippen molar-refractivity contribution in [2.45, 2.75) is 32.2 Å². The van der Waals surface area contributed by atoms with E-state index in [-0.39, 0.29) is 11.9 Å². The molecule has 0 heterocycles. The van der Waals surface area contributed by atoms with Gasteiger partial charge in [-0.2, -0.15) is 0 Å². The van der Waals surface area contributed by atoms with Crippen LogP contribution in [0.4, 0.5) is 11.4 Å². The Labute approximate surface area is 135 Å². The third-order valence-corrected chi connectivity index (χ3v) is 4.34. The number of fused-ring (bicyclic) bond motifs is 1. The largest absolute Gasteiger partial charge is 0.374 e. The summed E-state index contributed by atoms with van der Waals surface area (Å²) in [6, 6.07) is 13.3. The van der Waals surface area contributed by atoms with Gasteiger partial charge in [-0.05, 0) is 61.6 Å². The molecule has 1 unspecified atom stereocenters. The van der Waals surface area contributed by atoms with Crippen molar-refractivity contribution in [1.29, 1.82) is 0 Å². The lowest BCUT2D eigenvalue weighted by atomic mass is 10.1. The summed E-state index contributed by atoms with van der Waals surface area (Å²) in [5, 5.41) is 6.65. The first kappa shape index (κ1) is 14.9. The number of anilines is 2. The molecule has 3 nitrogen and oxygen atoms in total. The Bertz CT molecular complexity index is 699. The number of aryl methyl sites for hydroxylation is 2. The molecule has 0 saturated carbocycles. The van der Waals surface area contributed by atoms with Gasteiger partial charge in [-0.15, -0.1) is 0 Å². The summed E-state index contributed by atoms with van der Waals surface area (Å²) in [7, 11) is 0. The second-order valence-electron chi connectivity index (χ2n) is 5.67. The van der Waals surface area contributed by atoms with Crippen molar-refractivity contribution in [2.75, 3.05) is 10.6 Å². The summed E-state index contributed by atoms with van der Waals surface area (Å²) in [5.74, 6) is -0.103. The number of carbonyl (C=O) groups excluding carboxylic acids is 1. The van der Waals surface area contributed by atoms with E-state index in [4.69, 9.17) is 11.6 Å². The minimum absolute atomic E-state index is 0.103. The van der Waals surface area contributed by atoms with Crippen molar-refractivity contribution in [1.82, 2.24) is 0 Å². The van der Waals surface area contributed by atoms with Crippen LogP contribution in [0.15, 0.2) is 42.5 Å². The smallest absolute Gasteiger partial charge is 0.246 e. The number of hydrogen-bond acceptors (Lipinski definition) is 2. The molecule has 2 aromatic rings. The SMILES string of the molecule is CC(Nc1ccc2c(c1)CCC2)C(=O)Nc1ccccc1Cl. The van der Waals surface area contributed by atoms with Crippen LogP contribution < -0.4 is 10.6 Å². The zero-order chi connectivity index (χ0) is 15.5. The number of hydrogen-bond donors (Lipinski definition) is 2. The molecule has 4 heteroatoms. The molecule has 0 saturated heterocycles. The Balaban J connectivity index is 1.65. The molecule has 1 aliphatic rings. The summed E-state index contributed by atoms with van der Waals surface area (Å²) in [4.78, 5) is 12.3. The number of halogens is 1. The Morgan fingerprint density at radius 1 is 1.14 bits per heavy atom. The molecule has 1 atom stereocenters. The number of amides is 1. The molecule has 2 aromatic carbocycles. The maximum atomic E-state index is 12.3. The summed E-state index contributed by atoms with van der Waals surface area (Å²) < 4.78 is 0. The van der Waals surface area contributed by atoms with Crippen LogP contribution in [0.3, 0.4) is 0 Å². The van der Waals surface area contributed by atoms with Gasteiger partial charge in [0.1, 0.15) is 6.04 Å². The lowest BCUT2D eigenvalue weighted by Crippen LogP contribution is -2.32. The zero-order valence-electron chi connectivity index (χ0n) is 12.5. The van der Waals surface area contributed by atoms with Crippen LogP contribution in [-0.2, 0) is 17.6 Å². The zero-order valence-corrected chi connectivity index (χ0v) is 13.3. The highest BCUT2D eigenvalue weighted by Crippen LogP contribution is 2.25. The lowest BCUT2D eigenvalue weighted by Gasteiger charge is -2.16. The lowest BCUT2D eigenvalue weighted by molar-refractivity contribution is -0.116. The van der Waals surface area contributed by atoms with Crippen molar-refractivity contribution in [3.05, 3.63) is 58.6 Å². The second-order valence-corrected chi connectivity index (χ2v) is 6.08. The quantitative estimate of drug-likeness (QED) is 0.885. The average molecular weight is 315 g/mol. The average Bonchev–Trinajstić information content (AvgIpc) is 2.97. The van der Waals surface area contributed by atoms with Gasteiger partial charge in [0, 0.05) is 5.69 Å². The number of nitrogens with one attached hydrogen (secondary N) is 2. The molecule has 0 bridgehead atoms. The van der Waals surface area contributed by atoms with E-state index in [1.165, 1.54) is 17.5 Å². The van der Waals surface area contributed by atoms with Gasteiger partial charge in [0.2, 0.25) is 5.91 Å². The fourth-order valence-electron chi connectivity index (χ4n) is 2.78. The monoisotopic (exact) mass is 314 g/mol. The van der Waals surface area contributed by atoms with Gasteiger partial charge in [-0.3, -0.25) is 4.79 Å². The van der Waals surface area contributed by atoms with E-state index in [0.29, 0.717) is 10.7 Å². The molecular formula is C18H19ClN2O. The highest BCUT2D eigenvalue weighted by atomic mass is 35.5. The molecule has 1 amide bonds. The van der Waals surface area contributed by atoms with Crippen LogP contribution in [0, 0.1) is 0 Å². The van der Waals surface area contributed by atoms with E-state index in [2.05, 4.69) is 22.8 Å². The predicted octanol–water partition coefficient (Wildman–Crippen LogP) is 4.27. The van der Waals surface area contributed by atoms with Gasteiger partial charge < -0.3 is 10.6 Å². The topological polar surface area (TPSA) is 41.1 Å². The van der Waals surface area contributed by atoms with E-state index in [9.17, 15) is 4.79 Å². The highest BCUT2D eigenvalue weighted by Gasteiger charge is 2.16. The Morgan fingerprint density at radius 3 is 2.73 bits per heavy atom. The van der Waals surface area contributed by atoms with Crippen molar-refractivity contribution in [3.63, 3.8) is 0 Å². The molecule has 22 heavy (non-hydrogen) atoms. The summed E-state index contributed by atoms with van der Waals surface area (Å²) >= 11 is 6.06. The Hall–Kier alpha value is -2.00. The van der Waals surface area contributed by atoms with Crippen LogP contribution >= 0.6 is 11.6 Å². The minimum atomic E-state index is -0.337. The Morgan fingerprint density at radius 2 is 1.91 bits per heavy atom. The van der Waals surface area contributed by atoms with Crippen molar-refractivity contribution >= 4 is 28.9 Å². The molecule has 0 aromatic heterocycles. The summed E-state index contributed by atoms with van der Waals surface area (Å²) in [6.07, 6.45) is 3.52. The first-order valence-electron chi connectivity index (χ1n) is 7.57. The maximum absolute atomic E-state index is 12.3. The van der Waals surface area contributed by atoms with Crippen molar-refractivity contribution in [2.24, 2.45) is 0 Å². The third kappa shape index (κ3) is 3.25. The van der Waals surface area contributed by atoms with Gasteiger partial charge in [0.05, 0.1) is 10.7 Å². The predicted molar refractivity (Wildman–Crippen MR) is 91.6 cm³/mol. The summed E-state index contributed by atoms with van der Waals surface area (Å²) in [5.41, 5.74) is 4.45. The molecule has 0 spiro atoms. The number of para-hydroxylation sites is 1. The van der Waals surface area contributed by atoms with Crippen LogP contribution in [0.2, 0.25) is 5.02 Å².